The van der Waals surface area contributed by atoms with E-state index in [-0.39, 0.29) is 36.1 Å². The number of rotatable bonds is 18. The third-order valence-electron chi connectivity index (χ3n) is 19.0. The molecule has 0 atom stereocenters. The number of carbonyl (C=O) groups is 5. The molecule has 0 heterocycles. The maximum Gasteiger partial charge on any atom is 0.344 e. The van der Waals surface area contributed by atoms with Crippen LogP contribution in [-0.4, -0.2) is 42.1 Å². The summed E-state index contributed by atoms with van der Waals surface area (Å²) in [6.07, 6.45) is 25.6. The number of hydrogen-bond acceptors (Lipinski definition) is 10. The highest BCUT2D eigenvalue weighted by Crippen LogP contribution is 2.46. The molecule has 0 N–H and O–H groups in total. The lowest BCUT2D eigenvalue weighted by atomic mass is 9.80. The zero-order valence-corrected chi connectivity index (χ0v) is 54.0. The van der Waals surface area contributed by atoms with Crippen molar-refractivity contribution >= 4 is 29.8 Å². The van der Waals surface area contributed by atoms with E-state index < -0.39 is 44.4 Å². The average Bonchev–Trinajstić information content (AvgIpc) is 4.30. The van der Waals surface area contributed by atoms with E-state index in [0.717, 1.165) is 145 Å². The van der Waals surface area contributed by atoms with Gasteiger partial charge in [-0.1, -0.05) is 145 Å². The number of ether oxygens (including phenoxy) is 5. The van der Waals surface area contributed by atoms with Crippen molar-refractivity contribution in [3.05, 3.63) is 107 Å². The molecule has 458 valence electrons. The SMILES string of the molecule is CCC(C)(C)C(=O)OC1(c2ccc(C)cc2)CCCC1.CCC(C)(C)C(=O)OC1(c2ccccc2)CCCCCCC1.CCC(C)(C)C(=O)OCC(=O)OC1(C)CCCCC1.CCc1ccc(C2(OC(=O)C(C)(C)CC)CCCC2)cc1. The van der Waals surface area contributed by atoms with Gasteiger partial charge in [-0.2, -0.15) is 0 Å². The predicted molar refractivity (Wildman–Crippen MR) is 331 cm³/mol. The normalized spacial score (nSPS) is 18.4. The zero-order chi connectivity index (χ0) is 60.9. The minimum atomic E-state index is -0.547. The Kier molecular flexibility index (Phi) is 26.5. The van der Waals surface area contributed by atoms with E-state index in [1.165, 1.54) is 36.8 Å². The van der Waals surface area contributed by atoms with Gasteiger partial charge < -0.3 is 23.7 Å². The van der Waals surface area contributed by atoms with Gasteiger partial charge >= 0.3 is 29.8 Å². The van der Waals surface area contributed by atoms with Gasteiger partial charge in [-0.05, 0) is 226 Å². The van der Waals surface area contributed by atoms with Crippen LogP contribution in [0.5, 0.6) is 0 Å². The molecule has 3 aromatic rings. The maximum atomic E-state index is 12.7. The summed E-state index contributed by atoms with van der Waals surface area (Å²) in [5, 5.41) is 0. The van der Waals surface area contributed by atoms with E-state index in [4.69, 9.17) is 23.7 Å². The molecule has 0 saturated heterocycles. The minimum Gasteiger partial charge on any atom is -0.457 e. The van der Waals surface area contributed by atoms with E-state index in [1.54, 1.807) is 0 Å². The number of esters is 5. The van der Waals surface area contributed by atoms with Crippen LogP contribution in [0.1, 0.15) is 279 Å². The first-order chi connectivity index (χ1) is 38.6. The summed E-state index contributed by atoms with van der Waals surface area (Å²) in [6.45, 7) is 29.4. The second-order valence-electron chi connectivity index (χ2n) is 27.1. The Hall–Kier alpha value is -4.99. The molecule has 4 aliphatic rings. The van der Waals surface area contributed by atoms with Gasteiger partial charge in [0.25, 0.3) is 0 Å². The van der Waals surface area contributed by atoms with Gasteiger partial charge in [-0.25, -0.2) is 4.79 Å². The van der Waals surface area contributed by atoms with Gasteiger partial charge in [0, 0.05) is 0 Å². The second-order valence-corrected chi connectivity index (χ2v) is 27.1. The Balaban J connectivity index is 0.000000235. The summed E-state index contributed by atoms with van der Waals surface area (Å²) in [5.41, 5.74) is 2.70. The molecule has 4 fully saturated rings. The molecule has 10 nitrogen and oxygen atoms in total. The molecule has 0 bridgehead atoms. The van der Waals surface area contributed by atoms with E-state index in [9.17, 15) is 24.0 Å². The van der Waals surface area contributed by atoms with Gasteiger partial charge in [-0.3, -0.25) is 19.2 Å². The zero-order valence-electron chi connectivity index (χ0n) is 54.0. The van der Waals surface area contributed by atoms with Crippen LogP contribution in [0.25, 0.3) is 0 Å². The predicted octanol–water partition coefficient (Wildman–Crippen LogP) is 18.6. The summed E-state index contributed by atoms with van der Waals surface area (Å²) in [4.78, 5) is 61.2. The standard InChI is InChI=1S/C20H30O2.C19H28O2.C18H26O2.C15H26O4/c1-4-19(2,3)18(21)22-20(17-13-9-8-10-14-17)15-11-6-5-7-12-16-20;1-5-15-9-11-16(12-10-15)19(13-7-8-14-19)21-17(20)18(3,4)6-2;1-5-17(3,4)16(19)20-18(12-6-7-13-18)15-10-8-14(2)9-11-15;1-5-14(2,3)13(17)18-11-12(16)19-15(4)9-7-6-8-10-15/h8-10,13-14H,4-7,11-12,15-16H2,1-3H3;9-12H,5-8,13-14H2,1-4H3;8-11H,5-7,12-13H2,1-4H3;5-11H2,1-4H3. The molecule has 10 heteroatoms. The fraction of sp³-hybridized carbons (Fsp3) is 0.681. The Labute approximate surface area is 497 Å². The Morgan fingerprint density at radius 2 is 0.695 bits per heavy atom. The van der Waals surface area contributed by atoms with Crippen molar-refractivity contribution < 1.29 is 47.7 Å². The quantitative estimate of drug-likeness (QED) is 0.0896. The Morgan fingerprint density at radius 3 is 1.06 bits per heavy atom. The van der Waals surface area contributed by atoms with Crippen molar-refractivity contribution in [3.8, 4) is 0 Å². The average molecular weight is 1140 g/mol. The van der Waals surface area contributed by atoms with Crippen molar-refractivity contribution in [3.63, 3.8) is 0 Å². The van der Waals surface area contributed by atoms with Crippen LogP contribution in [0.2, 0.25) is 0 Å². The molecule has 0 aliphatic heterocycles. The fourth-order valence-electron chi connectivity index (χ4n) is 10.9. The largest absolute Gasteiger partial charge is 0.457 e. The summed E-state index contributed by atoms with van der Waals surface area (Å²) in [5.74, 6) is -0.973. The fourth-order valence-corrected chi connectivity index (χ4v) is 10.9. The number of carbonyl (C=O) groups excluding carboxylic acids is 5. The van der Waals surface area contributed by atoms with Crippen LogP contribution >= 0.6 is 0 Å². The van der Waals surface area contributed by atoms with Crippen molar-refractivity contribution in [1.82, 2.24) is 0 Å². The Morgan fingerprint density at radius 1 is 0.390 bits per heavy atom. The van der Waals surface area contributed by atoms with Gasteiger partial charge in [0.15, 0.2) is 6.61 Å². The number of hydrogen-bond donors (Lipinski definition) is 0. The molecule has 0 radical (unpaired) electrons. The van der Waals surface area contributed by atoms with Crippen LogP contribution in [0.3, 0.4) is 0 Å². The molecule has 4 aliphatic carbocycles. The summed E-state index contributed by atoms with van der Waals surface area (Å²) >= 11 is 0. The van der Waals surface area contributed by atoms with E-state index >= 15 is 0 Å². The smallest absolute Gasteiger partial charge is 0.344 e. The number of benzene rings is 3. The van der Waals surface area contributed by atoms with Crippen molar-refractivity contribution in [2.75, 3.05) is 6.61 Å². The van der Waals surface area contributed by atoms with Crippen LogP contribution < -0.4 is 0 Å². The van der Waals surface area contributed by atoms with Gasteiger partial charge in [0.2, 0.25) is 0 Å². The topological polar surface area (TPSA) is 132 Å². The first-order valence-electron chi connectivity index (χ1n) is 31.9. The van der Waals surface area contributed by atoms with Gasteiger partial charge in [0.1, 0.15) is 22.4 Å². The first kappa shape index (κ1) is 69.5. The molecule has 0 aromatic heterocycles. The highest BCUT2D eigenvalue weighted by atomic mass is 16.6. The van der Waals surface area contributed by atoms with Crippen LogP contribution in [-0.2, 0) is 70.9 Å². The minimum absolute atomic E-state index is 0.0561. The van der Waals surface area contributed by atoms with Gasteiger partial charge in [-0.15, -0.1) is 0 Å². The molecular formula is C72H110O10. The highest BCUT2D eigenvalue weighted by Gasteiger charge is 2.45. The lowest BCUT2D eigenvalue weighted by Gasteiger charge is -2.38. The molecule has 82 heavy (non-hydrogen) atoms. The molecule has 0 unspecified atom stereocenters. The third kappa shape index (κ3) is 19.8. The summed E-state index contributed by atoms with van der Waals surface area (Å²) in [6, 6.07) is 27.4. The van der Waals surface area contributed by atoms with Gasteiger partial charge in [0.05, 0.1) is 21.7 Å². The monoisotopic (exact) mass is 1130 g/mol. The van der Waals surface area contributed by atoms with Crippen molar-refractivity contribution in [2.45, 2.75) is 287 Å². The summed E-state index contributed by atoms with van der Waals surface area (Å²) < 4.78 is 28.8. The van der Waals surface area contributed by atoms with E-state index in [0.29, 0.717) is 6.42 Å². The molecule has 0 amide bonds. The van der Waals surface area contributed by atoms with Crippen LogP contribution in [0, 0.1) is 28.6 Å². The van der Waals surface area contributed by atoms with Crippen molar-refractivity contribution in [2.24, 2.45) is 21.7 Å². The van der Waals surface area contributed by atoms with Crippen molar-refractivity contribution in [1.29, 1.82) is 0 Å². The lowest BCUT2D eigenvalue weighted by Crippen LogP contribution is -2.38. The Bertz CT molecular complexity index is 2420. The second kappa shape index (κ2) is 31.2. The maximum absolute atomic E-state index is 12.7. The first-order valence-corrected chi connectivity index (χ1v) is 31.9. The van der Waals surface area contributed by atoms with Crippen LogP contribution in [0.4, 0.5) is 0 Å². The van der Waals surface area contributed by atoms with E-state index in [2.05, 4.69) is 93.6 Å². The molecule has 3 aromatic carbocycles. The molecular weight excluding hydrogens is 1020 g/mol. The third-order valence-corrected chi connectivity index (χ3v) is 19.0. The highest BCUT2D eigenvalue weighted by molar-refractivity contribution is 5.80. The molecule has 4 saturated carbocycles. The van der Waals surface area contributed by atoms with Crippen LogP contribution in [0.15, 0.2) is 78.9 Å². The molecule has 0 spiro atoms. The van der Waals surface area contributed by atoms with E-state index in [1.807, 2.05) is 89.2 Å². The summed E-state index contributed by atoms with van der Waals surface area (Å²) in [7, 11) is 0. The lowest BCUT2D eigenvalue weighted by molar-refractivity contribution is -0.175. The molecule has 7 rings (SSSR count). The number of aryl methyl sites for hydroxylation is 2.